The fourth-order valence-corrected chi connectivity index (χ4v) is 7.00. The third kappa shape index (κ3) is 7.28. The van der Waals surface area contributed by atoms with Gasteiger partial charge in [-0.3, -0.25) is 4.79 Å². The molecule has 3 aliphatic rings. The van der Waals surface area contributed by atoms with E-state index in [1.165, 1.54) is 6.42 Å². The van der Waals surface area contributed by atoms with Crippen LogP contribution in [0.4, 0.5) is 0 Å². The molecule has 2 unspecified atom stereocenters. The van der Waals surface area contributed by atoms with Crippen molar-refractivity contribution in [1.29, 1.82) is 0 Å². The molecule has 0 aromatic rings. The number of hydrogen-bond donors (Lipinski definition) is 3. The SMILES string of the molecule is CCC[C@@]1(C)CC[C@H]2[C@@H](CCC3C[C@@H](O)C(C/C=N\OCCN(C)C)C[C@@]32C)C1=O.O=C(O)C(=O)O. The summed E-state index contributed by atoms with van der Waals surface area (Å²) in [6, 6.07) is 0. The lowest BCUT2D eigenvalue weighted by molar-refractivity contribution is -0.159. The summed E-state index contributed by atoms with van der Waals surface area (Å²) in [6.07, 6.45) is 10.7. The smallest absolute Gasteiger partial charge is 0.414 e. The Bertz CT molecular complexity index is 789. The molecule has 3 fully saturated rings. The fourth-order valence-electron chi connectivity index (χ4n) is 7.00. The van der Waals surface area contributed by atoms with Crippen molar-refractivity contribution in [2.75, 3.05) is 27.2 Å². The van der Waals surface area contributed by atoms with Crippen molar-refractivity contribution in [3.8, 4) is 0 Å². The molecule has 0 aromatic heterocycles. The zero-order valence-electron chi connectivity index (χ0n) is 22.6. The third-order valence-electron chi connectivity index (χ3n) is 8.97. The van der Waals surface area contributed by atoms with E-state index in [9.17, 15) is 9.90 Å². The minimum atomic E-state index is -1.82. The standard InChI is InChI=1S/C25H44N2O3.C2H2O4/c1-6-11-24(2)12-9-21-20(23(24)29)8-7-19-16-22(28)18(17-25(19,21)3)10-13-26-30-15-14-27(4)5;3-1(4)2(5)6/h13,18-22,28H,6-12,14-17H2,1-5H3;(H,3,4)(H,5,6)/b26-13-;/t18?,19?,20-,21+,22-,24+,25+;/m1./s1. The maximum atomic E-state index is 13.5. The van der Waals surface area contributed by atoms with Gasteiger partial charge in [-0.05, 0) is 88.6 Å². The van der Waals surface area contributed by atoms with Gasteiger partial charge in [0.15, 0.2) is 0 Å². The molecule has 206 valence electrons. The number of likely N-dealkylation sites (N-methyl/N-ethyl adjacent to an activating group) is 1. The fraction of sp³-hybridized carbons (Fsp3) is 0.852. The molecule has 36 heavy (non-hydrogen) atoms. The van der Waals surface area contributed by atoms with Crippen LogP contribution in [0.15, 0.2) is 5.16 Å². The Hall–Kier alpha value is -2.00. The molecule has 0 bridgehead atoms. The number of fused-ring (bicyclic) bond motifs is 3. The molecule has 0 saturated heterocycles. The number of carbonyl (C=O) groups is 3. The van der Waals surface area contributed by atoms with E-state index in [-0.39, 0.29) is 28.8 Å². The van der Waals surface area contributed by atoms with Gasteiger partial charge in [-0.1, -0.05) is 32.3 Å². The van der Waals surface area contributed by atoms with Crippen LogP contribution in [0.2, 0.25) is 0 Å². The van der Waals surface area contributed by atoms with Crippen LogP contribution in [0, 0.1) is 34.5 Å². The van der Waals surface area contributed by atoms with Crippen LogP contribution in [-0.2, 0) is 19.2 Å². The highest BCUT2D eigenvalue weighted by molar-refractivity contribution is 6.27. The Morgan fingerprint density at radius 1 is 1.17 bits per heavy atom. The van der Waals surface area contributed by atoms with E-state index in [0.717, 1.165) is 57.9 Å². The van der Waals surface area contributed by atoms with Crippen molar-refractivity contribution in [3.05, 3.63) is 0 Å². The molecule has 3 N–H and O–H groups in total. The summed E-state index contributed by atoms with van der Waals surface area (Å²) in [6.45, 7) is 8.26. The molecule has 9 nitrogen and oxygen atoms in total. The first kappa shape index (κ1) is 30.2. The monoisotopic (exact) mass is 510 g/mol. The molecular weight excluding hydrogens is 464 g/mol. The first-order valence-electron chi connectivity index (χ1n) is 13.3. The Morgan fingerprint density at radius 2 is 1.83 bits per heavy atom. The van der Waals surface area contributed by atoms with Gasteiger partial charge in [0.25, 0.3) is 0 Å². The normalized spacial score (nSPS) is 36.0. The van der Waals surface area contributed by atoms with Gasteiger partial charge in [0, 0.05) is 24.1 Å². The molecule has 7 atom stereocenters. The zero-order chi connectivity index (χ0) is 27.1. The molecule has 0 heterocycles. The number of carboxylic acid groups (broad SMARTS) is 2. The summed E-state index contributed by atoms with van der Waals surface area (Å²) >= 11 is 0. The van der Waals surface area contributed by atoms with E-state index >= 15 is 0 Å². The molecule has 0 amide bonds. The molecule has 0 aliphatic heterocycles. The summed E-state index contributed by atoms with van der Waals surface area (Å²) in [7, 11) is 4.03. The summed E-state index contributed by atoms with van der Waals surface area (Å²) in [5, 5.41) is 29.7. The predicted molar refractivity (Wildman–Crippen MR) is 137 cm³/mol. The maximum absolute atomic E-state index is 13.5. The highest BCUT2D eigenvalue weighted by Crippen LogP contribution is 2.61. The van der Waals surface area contributed by atoms with Gasteiger partial charge in [-0.15, -0.1) is 0 Å². The first-order chi connectivity index (χ1) is 16.9. The molecular formula is C27H46N2O7. The van der Waals surface area contributed by atoms with E-state index in [2.05, 4.69) is 30.8 Å². The summed E-state index contributed by atoms with van der Waals surface area (Å²) in [5.41, 5.74) is 0.0545. The highest BCUT2D eigenvalue weighted by Gasteiger charge is 2.57. The van der Waals surface area contributed by atoms with E-state index in [1.807, 2.05) is 20.3 Å². The minimum Gasteiger partial charge on any atom is -0.473 e. The van der Waals surface area contributed by atoms with Gasteiger partial charge in [0.05, 0.1) is 6.10 Å². The highest BCUT2D eigenvalue weighted by atomic mass is 16.6. The number of carboxylic acids is 2. The molecule has 3 saturated carbocycles. The predicted octanol–water partition coefficient (Wildman–Crippen LogP) is 3.69. The van der Waals surface area contributed by atoms with E-state index in [0.29, 0.717) is 24.2 Å². The van der Waals surface area contributed by atoms with Crippen LogP contribution >= 0.6 is 0 Å². The number of aliphatic carboxylic acids is 2. The van der Waals surface area contributed by atoms with E-state index in [1.54, 1.807) is 0 Å². The Morgan fingerprint density at radius 3 is 2.42 bits per heavy atom. The number of aliphatic hydroxyl groups excluding tert-OH is 1. The number of nitrogens with zero attached hydrogens (tertiary/aromatic N) is 2. The average molecular weight is 511 g/mol. The van der Waals surface area contributed by atoms with Gasteiger partial charge in [0.1, 0.15) is 12.4 Å². The molecule has 0 spiro atoms. The second kappa shape index (κ2) is 13.0. The minimum absolute atomic E-state index is 0.108. The van der Waals surface area contributed by atoms with Gasteiger partial charge in [-0.2, -0.15) is 0 Å². The van der Waals surface area contributed by atoms with Crippen LogP contribution in [0.3, 0.4) is 0 Å². The van der Waals surface area contributed by atoms with Crippen molar-refractivity contribution < 1.29 is 34.5 Å². The topological polar surface area (TPSA) is 137 Å². The molecule has 9 heteroatoms. The number of oxime groups is 1. The number of carbonyl (C=O) groups excluding carboxylic acids is 1. The van der Waals surface area contributed by atoms with Crippen molar-refractivity contribution >= 4 is 23.9 Å². The van der Waals surface area contributed by atoms with Gasteiger partial charge >= 0.3 is 11.9 Å². The van der Waals surface area contributed by atoms with Crippen LogP contribution in [0.25, 0.3) is 0 Å². The van der Waals surface area contributed by atoms with Crippen molar-refractivity contribution in [2.45, 2.75) is 84.7 Å². The third-order valence-corrected chi connectivity index (χ3v) is 8.97. The lowest BCUT2D eigenvalue weighted by atomic mass is 9.45. The van der Waals surface area contributed by atoms with Gasteiger partial charge < -0.3 is 25.1 Å². The molecule has 3 aliphatic carbocycles. The number of Topliss-reactive ketones (excluding diaryl/α,β-unsaturated/α-hetero) is 1. The van der Waals surface area contributed by atoms with Crippen LogP contribution in [0.1, 0.15) is 78.6 Å². The van der Waals surface area contributed by atoms with Gasteiger partial charge in [0.2, 0.25) is 0 Å². The van der Waals surface area contributed by atoms with E-state index < -0.39 is 11.9 Å². The Balaban J connectivity index is 0.000000678. The van der Waals surface area contributed by atoms with Crippen LogP contribution in [0.5, 0.6) is 0 Å². The van der Waals surface area contributed by atoms with Crippen molar-refractivity contribution in [1.82, 2.24) is 4.90 Å². The van der Waals surface area contributed by atoms with Crippen molar-refractivity contribution in [2.24, 2.45) is 39.7 Å². The maximum Gasteiger partial charge on any atom is 0.414 e. The Labute approximate surface area is 215 Å². The number of rotatable bonds is 8. The molecule has 3 rings (SSSR count). The summed E-state index contributed by atoms with van der Waals surface area (Å²) in [5.74, 6) is -1.64. The van der Waals surface area contributed by atoms with Gasteiger partial charge in [-0.25, -0.2) is 9.59 Å². The summed E-state index contributed by atoms with van der Waals surface area (Å²) in [4.78, 5) is 39.1. The van der Waals surface area contributed by atoms with Crippen LogP contribution in [-0.4, -0.2) is 77.5 Å². The second-order valence-corrected chi connectivity index (χ2v) is 11.7. The number of aliphatic hydroxyl groups is 1. The number of hydrogen-bond acceptors (Lipinski definition) is 7. The molecule has 0 aromatic carbocycles. The van der Waals surface area contributed by atoms with E-state index in [4.69, 9.17) is 24.6 Å². The molecule has 0 radical (unpaired) electrons. The lowest BCUT2D eigenvalue weighted by Gasteiger charge is -2.59. The Kier molecular flexibility index (Phi) is 10.9. The second-order valence-electron chi connectivity index (χ2n) is 11.7. The quantitative estimate of drug-likeness (QED) is 0.195. The summed E-state index contributed by atoms with van der Waals surface area (Å²) < 4.78 is 0. The number of ketones is 1. The van der Waals surface area contributed by atoms with Crippen molar-refractivity contribution in [3.63, 3.8) is 0 Å². The van der Waals surface area contributed by atoms with Crippen LogP contribution < -0.4 is 0 Å². The largest absolute Gasteiger partial charge is 0.473 e. The average Bonchev–Trinajstić information content (AvgIpc) is 2.79. The first-order valence-corrected chi connectivity index (χ1v) is 13.3. The lowest BCUT2D eigenvalue weighted by Crippen LogP contribution is -2.56. The zero-order valence-corrected chi connectivity index (χ0v) is 22.6.